The highest BCUT2D eigenvalue weighted by Crippen LogP contribution is 2.29. The van der Waals surface area contributed by atoms with Gasteiger partial charge in [0.2, 0.25) is 0 Å². The normalized spacial score (nSPS) is 18.1. The van der Waals surface area contributed by atoms with E-state index in [0.717, 1.165) is 24.2 Å². The lowest BCUT2D eigenvalue weighted by molar-refractivity contribution is 0.210. The Labute approximate surface area is 103 Å². The van der Waals surface area contributed by atoms with E-state index in [-0.39, 0.29) is 0 Å². The van der Waals surface area contributed by atoms with Gasteiger partial charge in [-0.15, -0.1) is 0 Å². The van der Waals surface area contributed by atoms with Gasteiger partial charge in [0.25, 0.3) is 0 Å². The molecule has 2 rings (SSSR count). The Kier molecular flexibility index (Phi) is 4.21. The molecule has 92 valence electrons. The van der Waals surface area contributed by atoms with Crippen molar-refractivity contribution in [1.29, 1.82) is 0 Å². The van der Waals surface area contributed by atoms with E-state index in [1.165, 1.54) is 24.8 Å². The molecule has 0 radical (unpaired) electrons. The van der Waals surface area contributed by atoms with E-state index >= 15 is 0 Å². The van der Waals surface area contributed by atoms with Crippen LogP contribution >= 0.6 is 0 Å². The first-order chi connectivity index (χ1) is 8.31. The largest absolute Gasteiger partial charge is 0.497 e. The number of hydrogen-bond acceptors (Lipinski definition) is 2. The first kappa shape index (κ1) is 12.2. The Bertz CT molecular complexity index is 378. The van der Waals surface area contributed by atoms with Crippen molar-refractivity contribution in [3.8, 4) is 5.75 Å². The predicted octanol–water partition coefficient (Wildman–Crippen LogP) is 3.62. The predicted molar refractivity (Wildman–Crippen MR) is 69.1 cm³/mol. The molecule has 0 aliphatic heterocycles. The first-order valence-corrected chi connectivity index (χ1v) is 6.32. The molecule has 0 aromatic heterocycles. The zero-order valence-corrected chi connectivity index (χ0v) is 10.4. The van der Waals surface area contributed by atoms with Crippen molar-refractivity contribution in [2.75, 3.05) is 7.11 Å². The third-order valence-electron chi connectivity index (χ3n) is 3.36. The minimum absolute atomic E-state index is 0.445. The molecule has 0 amide bonds. The van der Waals surface area contributed by atoms with Gasteiger partial charge in [-0.25, -0.2) is 0 Å². The van der Waals surface area contributed by atoms with Gasteiger partial charge in [0.15, 0.2) is 0 Å². The average molecular weight is 232 g/mol. The van der Waals surface area contributed by atoms with Crippen molar-refractivity contribution >= 4 is 0 Å². The summed E-state index contributed by atoms with van der Waals surface area (Å²) < 4.78 is 5.12. The molecule has 0 fully saturated rings. The minimum atomic E-state index is -0.445. The van der Waals surface area contributed by atoms with E-state index < -0.39 is 6.10 Å². The molecule has 0 heterocycles. The van der Waals surface area contributed by atoms with Gasteiger partial charge in [0.05, 0.1) is 7.11 Å². The van der Waals surface area contributed by atoms with Crippen LogP contribution in [0.5, 0.6) is 5.75 Å². The number of hydrogen-bond donors (Lipinski definition) is 1. The van der Waals surface area contributed by atoms with Gasteiger partial charge in [-0.3, -0.25) is 0 Å². The number of aliphatic hydroxyl groups is 1. The quantitative estimate of drug-likeness (QED) is 0.806. The second-order valence-corrected chi connectivity index (χ2v) is 4.55. The number of rotatable bonds is 3. The first-order valence-electron chi connectivity index (χ1n) is 6.32. The van der Waals surface area contributed by atoms with Crippen LogP contribution in [0.15, 0.2) is 35.9 Å². The monoisotopic (exact) mass is 232 g/mol. The van der Waals surface area contributed by atoms with Crippen LogP contribution in [0.1, 0.15) is 43.8 Å². The lowest BCUT2D eigenvalue weighted by Gasteiger charge is -2.15. The Balaban J connectivity index is 2.11. The fourth-order valence-electron chi connectivity index (χ4n) is 2.29. The molecule has 1 aliphatic carbocycles. The molecular formula is C15H20O2. The topological polar surface area (TPSA) is 29.5 Å². The second-order valence-electron chi connectivity index (χ2n) is 4.55. The van der Waals surface area contributed by atoms with Gasteiger partial charge in [-0.1, -0.05) is 24.6 Å². The summed E-state index contributed by atoms with van der Waals surface area (Å²) in [7, 11) is 1.65. The standard InChI is InChI=1S/C15H20O2/c1-17-14-10-8-13(9-11-14)15(16)12-6-4-2-3-5-7-12/h6,8-11,15-16H,2-5,7H2,1H3. The molecule has 2 heteroatoms. The second kappa shape index (κ2) is 5.87. The molecule has 1 unspecified atom stereocenters. The van der Waals surface area contributed by atoms with Crippen molar-refractivity contribution in [2.24, 2.45) is 0 Å². The molecular weight excluding hydrogens is 212 g/mol. The lowest BCUT2D eigenvalue weighted by Crippen LogP contribution is -2.01. The highest BCUT2D eigenvalue weighted by Gasteiger charge is 2.14. The van der Waals surface area contributed by atoms with Crippen LogP contribution in [-0.4, -0.2) is 12.2 Å². The summed E-state index contributed by atoms with van der Waals surface area (Å²) in [5.74, 6) is 0.829. The molecule has 0 spiro atoms. The van der Waals surface area contributed by atoms with Crippen molar-refractivity contribution in [3.63, 3.8) is 0 Å². The summed E-state index contributed by atoms with van der Waals surface area (Å²) in [6.07, 6.45) is 7.60. The van der Waals surface area contributed by atoms with Crippen LogP contribution in [-0.2, 0) is 0 Å². The molecule has 1 aliphatic rings. The number of aliphatic hydroxyl groups excluding tert-OH is 1. The van der Waals surface area contributed by atoms with Crippen molar-refractivity contribution < 1.29 is 9.84 Å². The molecule has 0 saturated carbocycles. The molecule has 0 saturated heterocycles. The Morgan fingerprint density at radius 3 is 2.59 bits per heavy atom. The smallest absolute Gasteiger partial charge is 0.118 e. The summed E-state index contributed by atoms with van der Waals surface area (Å²) in [4.78, 5) is 0. The maximum Gasteiger partial charge on any atom is 0.118 e. The van der Waals surface area contributed by atoms with Crippen LogP contribution in [0, 0.1) is 0 Å². The van der Waals surface area contributed by atoms with Crippen molar-refractivity contribution in [3.05, 3.63) is 41.5 Å². The summed E-state index contributed by atoms with van der Waals surface area (Å²) in [5.41, 5.74) is 2.13. The number of methoxy groups -OCH3 is 1. The van der Waals surface area contributed by atoms with E-state index in [1.54, 1.807) is 7.11 Å². The van der Waals surface area contributed by atoms with E-state index in [2.05, 4.69) is 6.08 Å². The highest BCUT2D eigenvalue weighted by atomic mass is 16.5. The third kappa shape index (κ3) is 3.10. The SMILES string of the molecule is COc1ccc(C(O)C2=CCCCCC2)cc1. The van der Waals surface area contributed by atoms with Crippen molar-refractivity contribution in [2.45, 2.75) is 38.2 Å². The van der Waals surface area contributed by atoms with Gasteiger partial charge in [0.1, 0.15) is 11.9 Å². The van der Waals surface area contributed by atoms with Gasteiger partial charge in [-0.2, -0.15) is 0 Å². The Morgan fingerprint density at radius 2 is 1.88 bits per heavy atom. The zero-order chi connectivity index (χ0) is 12.1. The van der Waals surface area contributed by atoms with Crippen LogP contribution in [0.3, 0.4) is 0 Å². The number of allylic oxidation sites excluding steroid dienone is 1. The molecule has 17 heavy (non-hydrogen) atoms. The van der Waals surface area contributed by atoms with Gasteiger partial charge in [0, 0.05) is 0 Å². The molecule has 1 aromatic rings. The van der Waals surface area contributed by atoms with Crippen LogP contribution in [0.2, 0.25) is 0 Å². The fraction of sp³-hybridized carbons (Fsp3) is 0.467. The fourth-order valence-corrected chi connectivity index (χ4v) is 2.29. The van der Waals surface area contributed by atoms with Gasteiger partial charge in [-0.05, 0) is 49.0 Å². The van der Waals surface area contributed by atoms with E-state index in [4.69, 9.17) is 4.74 Å². The number of benzene rings is 1. The maximum absolute atomic E-state index is 10.3. The zero-order valence-electron chi connectivity index (χ0n) is 10.4. The summed E-state index contributed by atoms with van der Waals surface area (Å²) >= 11 is 0. The van der Waals surface area contributed by atoms with Crippen LogP contribution in [0.25, 0.3) is 0 Å². The van der Waals surface area contributed by atoms with Crippen LogP contribution < -0.4 is 4.74 Å². The van der Waals surface area contributed by atoms with Crippen LogP contribution in [0.4, 0.5) is 0 Å². The summed E-state index contributed by atoms with van der Waals surface area (Å²) in [6.45, 7) is 0. The van der Waals surface area contributed by atoms with E-state index in [1.807, 2.05) is 24.3 Å². The average Bonchev–Trinajstić information content (AvgIpc) is 2.67. The Hall–Kier alpha value is -1.28. The lowest BCUT2D eigenvalue weighted by atomic mass is 9.98. The maximum atomic E-state index is 10.3. The molecule has 2 nitrogen and oxygen atoms in total. The highest BCUT2D eigenvalue weighted by molar-refractivity contribution is 5.32. The Morgan fingerprint density at radius 1 is 1.12 bits per heavy atom. The molecule has 1 N–H and O–H groups in total. The van der Waals surface area contributed by atoms with Gasteiger partial charge < -0.3 is 9.84 Å². The van der Waals surface area contributed by atoms with E-state index in [9.17, 15) is 5.11 Å². The molecule has 1 aromatic carbocycles. The van der Waals surface area contributed by atoms with Gasteiger partial charge >= 0.3 is 0 Å². The third-order valence-corrected chi connectivity index (χ3v) is 3.36. The summed E-state index contributed by atoms with van der Waals surface area (Å²) in [6, 6.07) is 7.68. The van der Waals surface area contributed by atoms with Crippen molar-refractivity contribution in [1.82, 2.24) is 0 Å². The number of ether oxygens (including phenoxy) is 1. The minimum Gasteiger partial charge on any atom is -0.497 e. The van der Waals surface area contributed by atoms with E-state index in [0.29, 0.717) is 0 Å². The molecule has 0 bridgehead atoms. The molecule has 1 atom stereocenters. The summed E-state index contributed by atoms with van der Waals surface area (Å²) in [5, 5.41) is 10.3.